The molecule has 0 bridgehead atoms. The number of halogens is 1. The van der Waals surface area contributed by atoms with Crippen LogP contribution >= 0.6 is 11.6 Å². The summed E-state index contributed by atoms with van der Waals surface area (Å²) in [5.74, 6) is 0. The van der Waals surface area contributed by atoms with E-state index < -0.39 is 0 Å². The molecule has 2 rings (SSSR count). The summed E-state index contributed by atoms with van der Waals surface area (Å²) in [6.45, 7) is 13.7. The van der Waals surface area contributed by atoms with Gasteiger partial charge in [0.15, 0.2) is 0 Å². The molecule has 0 aliphatic heterocycles. The van der Waals surface area contributed by atoms with Crippen LogP contribution in [0.4, 0.5) is 0 Å². The van der Waals surface area contributed by atoms with Gasteiger partial charge in [0, 0.05) is 5.02 Å². The first kappa shape index (κ1) is 17.1. The Balaban J connectivity index is 2.47. The van der Waals surface area contributed by atoms with Crippen molar-refractivity contribution in [3.8, 4) is 0 Å². The van der Waals surface area contributed by atoms with Crippen molar-refractivity contribution in [3.05, 3.63) is 69.7 Å². The third-order valence-electron chi connectivity index (χ3n) is 4.09. The summed E-state index contributed by atoms with van der Waals surface area (Å²) in [6, 6.07) is 15.2. The standard InChI is InChI=1S/C21H27Cl/c1-20(2,3)17-9-12-19(21(4,5)6)16(14-17)13-15-7-10-18(22)11-8-15/h7-12,14H,13H2,1-6H3. The van der Waals surface area contributed by atoms with Crippen LogP contribution in [0.15, 0.2) is 42.5 Å². The first-order valence-corrected chi connectivity index (χ1v) is 8.33. The van der Waals surface area contributed by atoms with Crippen molar-refractivity contribution in [2.24, 2.45) is 0 Å². The van der Waals surface area contributed by atoms with Crippen molar-refractivity contribution < 1.29 is 0 Å². The Bertz CT molecular complexity index is 637. The van der Waals surface area contributed by atoms with Gasteiger partial charge < -0.3 is 0 Å². The highest BCUT2D eigenvalue weighted by molar-refractivity contribution is 6.30. The van der Waals surface area contributed by atoms with E-state index in [1.54, 1.807) is 0 Å². The summed E-state index contributed by atoms with van der Waals surface area (Å²) in [4.78, 5) is 0. The lowest BCUT2D eigenvalue weighted by molar-refractivity contribution is 0.571. The summed E-state index contributed by atoms with van der Waals surface area (Å²) >= 11 is 6.00. The van der Waals surface area contributed by atoms with Crippen LogP contribution in [0.1, 0.15) is 63.8 Å². The molecule has 118 valence electrons. The predicted molar refractivity (Wildman–Crippen MR) is 98.1 cm³/mol. The van der Waals surface area contributed by atoms with Gasteiger partial charge in [-0.1, -0.05) is 83.5 Å². The molecule has 0 saturated carbocycles. The molecule has 0 heterocycles. The second-order valence-corrected chi connectivity index (χ2v) is 8.61. The fourth-order valence-electron chi connectivity index (χ4n) is 2.76. The van der Waals surface area contributed by atoms with Crippen molar-refractivity contribution in [1.29, 1.82) is 0 Å². The van der Waals surface area contributed by atoms with E-state index in [1.807, 2.05) is 12.1 Å². The van der Waals surface area contributed by atoms with Crippen molar-refractivity contribution >= 4 is 11.6 Å². The van der Waals surface area contributed by atoms with Gasteiger partial charge in [-0.05, 0) is 51.6 Å². The number of hydrogen-bond donors (Lipinski definition) is 0. The summed E-state index contributed by atoms with van der Waals surface area (Å²) in [6.07, 6.45) is 0.952. The monoisotopic (exact) mass is 314 g/mol. The van der Waals surface area contributed by atoms with Crippen molar-refractivity contribution in [2.45, 2.75) is 58.8 Å². The molecule has 0 nitrogen and oxygen atoms in total. The highest BCUT2D eigenvalue weighted by Gasteiger charge is 2.21. The largest absolute Gasteiger partial charge is 0.0843 e. The van der Waals surface area contributed by atoms with Gasteiger partial charge in [-0.15, -0.1) is 0 Å². The molecule has 2 aromatic carbocycles. The average Bonchev–Trinajstić information content (AvgIpc) is 2.39. The van der Waals surface area contributed by atoms with E-state index in [1.165, 1.54) is 22.3 Å². The number of hydrogen-bond acceptors (Lipinski definition) is 0. The van der Waals surface area contributed by atoms with Gasteiger partial charge in [-0.2, -0.15) is 0 Å². The highest BCUT2D eigenvalue weighted by Crippen LogP contribution is 2.32. The van der Waals surface area contributed by atoms with E-state index in [0.717, 1.165) is 11.4 Å². The van der Waals surface area contributed by atoms with Crippen molar-refractivity contribution in [3.63, 3.8) is 0 Å². The normalized spacial score (nSPS) is 12.5. The van der Waals surface area contributed by atoms with E-state index >= 15 is 0 Å². The lowest BCUT2D eigenvalue weighted by atomic mass is 9.78. The van der Waals surface area contributed by atoms with Crippen molar-refractivity contribution in [2.75, 3.05) is 0 Å². The molecule has 0 N–H and O–H groups in total. The Labute approximate surface area is 140 Å². The minimum Gasteiger partial charge on any atom is -0.0843 e. The fourth-order valence-corrected chi connectivity index (χ4v) is 2.89. The Morgan fingerprint density at radius 3 is 1.86 bits per heavy atom. The van der Waals surface area contributed by atoms with Gasteiger partial charge in [0.2, 0.25) is 0 Å². The van der Waals surface area contributed by atoms with Gasteiger partial charge >= 0.3 is 0 Å². The van der Waals surface area contributed by atoms with E-state index in [-0.39, 0.29) is 10.8 Å². The van der Waals surface area contributed by atoms with E-state index in [2.05, 4.69) is 71.9 Å². The van der Waals surface area contributed by atoms with Gasteiger partial charge in [0.05, 0.1) is 0 Å². The van der Waals surface area contributed by atoms with Gasteiger partial charge in [0.1, 0.15) is 0 Å². The van der Waals surface area contributed by atoms with Gasteiger partial charge in [-0.3, -0.25) is 0 Å². The second kappa shape index (κ2) is 6.08. The highest BCUT2D eigenvalue weighted by atomic mass is 35.5. The maximum atomic E-state index is 6.00. The smallest absolute Gasteiger partial charge is 0.0406 e. The Morgan fingerprint density at radius 2 is 1.36 bits per heavy atom. The van der Waals surface area contributed by atoms with E-state index in [4.69, 9.17) is 11.6 Å². The Kier molecular flexibility index (Phi) is 4.73. The molecule has 1 heteroatoms. The molecule has 0 spiro atoms. The average molecular weight is 315 g/mol. The zero-order chi connectivity index (χ0) is 16.5. The molecule has 0 radical (unpaired) electrons. The third kappa shape index (κ3) is 4.14. The number of rotatable bonds is 2. The van der Waals surface area contributed by atoms with Gasteiger partial charge in [-0.25, -0.2) is 0 Å². The molecule has 0 aliphatic carbocycles. The zero-order valence-electron chi connectivity index (χ0n) is 14.6. The van der Waals surface area contributed by atoms with Crippen LogP contribution in [-0.4, -0.2) is 0 Å². The molecule has 2 aromatic rings. The molecular weight excluding hydrogens is 288 g/mol. The summed E-state index contributed by atoms with van der Waals surface area (Å²) in [5, 5.41) is 0.795. The maximum absolute atomic E-state index is 6.00. The maximum Gasteiger partial charge on any atom is 0.0406 e. The summed E-state index contributed by atoms with van der Waals surface area (Å²) < 4.78 is 0. The Hall–Kier alpha value is -1.27. The first-order chi connectivity index (χ1) is 10.1. The van der Waals surface area contributed by atoms with Crippen LogP contribution in [0.25, 0.3) is 0 Å². The molecule has 0 saturated heterocycles. The van der Waals surface area contributed by atoms with E-state index in [9.17, 15) is 0 Å². The molecule has 22 heavy (non-hydrogen) atoms. The van der Waals surface area contributed by atoms with Crippen LogP contribution in [0.2, 0.25) is 5.02 Å². The van der Waals surface area contributed by atoms with E-state index in [0.29, 0.717) is 0 Å². The second-order valence-electron chi connectivity index (χ2n) is 8.18. The summed E-state index contributed by atoms with van der Waals surface area (Å²) in [5.41, 5.74) is 5.87. The number of benzene rings is 2. The molecule has 0 aliphatic rings. The fraction of sp³-hybridized carbons (Fsp3) is 0.429. The SMILES string of the molecule is CC(C)(C)c1ccc(C(C)(C)C)c(Cc2ccc(Cl)cc2)c1. The lowest BCUT2D eigenvalue weighted by Gasteiger charge is -2.27. The molecule has 0 atom stereocenters. The van der Waals surface area contributed by atoms with Crippen LogP contribution < -0.4 is 0 Å². The molecular formula is C21H27Cl. The topological polar surface area (TPSA) is 0 Å². The molecule has 0 fully saturated rings. The van der Waals surface area contributed by atoms with Crippen LogP contribution in [0.5, 0.6) is 0 Å². The van der Waals surface area contributed by atoms with Crippen LogP contribution in [0.3, 0.4) is 0 Å². The predicted octanol–water partition coefficient (Wildman–Crippen LogP) is 6.53. The molecule has 0 unspecified atom stereocenters. The molecule has 0 amide bonds. The summed E-state index contributed by atoms with van der Waals surface area (Å²) in [7, 11) is 0. The Morgan fingerprint density at radius 1 is 0.773 bits per heavy atom. The zero-order valence-corrected chi connectivity index (χ0v) is 15.4. The third-order valence-corrected chi connectivity index (χ3v) is 4.34. The van der Waals surface area contributed by atoms with Crippen LogP contribution in [0, 0.1) is 0 Å². The van der Waals surface area contributed by atoms with Gasteiger partial charge in [0.25, 0.3) is 0 Å². The minimum absolute atomic E-state index is 0.151. The minimum atomic E-state index is 0.151. The lowest BCUT2D eigenvalue weighted by Crippen LogP contribution is -2.17. The van der Waals surface area contributed by atoms with Crippen LogP contribution in [-0.2, 0) is 17.3 Å². The first-order valence-electron chi connectivity index (χ1n) is 7.96. The molecule has 0 aromatic heterocycles. The quantitative estimate of drug-likeness (QED) is 0.591. The van der Waals surface area contributed by atoms with Crippen molar-refractivity contribution in [1.82, 2.24) is 0 Å².